The summed E-state index contributed by atoms with van der Waals surface area (Å²) in [5.41, 5.74) is 1.21. The number of aromatic nitrogens is 3. The van der Waals surface area contributed by atoms with Crippen LogP contribution in [0.5, 0.6) is 11.8 Å². The summed E-state index contributed by atoms with van der Waals surface area (Å²) >= 11 is 25.8. The lowest BCUT2D eigenvalue weighted by molar-refractivity contribution is 0.379. The first-order chi connectivity index (χ1) is 23.2. The molecule has 0 amide bonds. The molecule has 3 N–H and O–H groups in total. The number of hydrogen-bond acceptors (Lipinski definition) is 4. The minimum Gasteiger partial charge on any atom is -0.493 e. The molecule has 2 aromatic heterocycles. The number of aromatic amines is 1. The van der Waals surface area contributed by atoms with Gasteiger partial charge in [-0.25, -0.2) is 9.69 Å². The lowest BCUT2D eigenvalue weighted by Crippen LogP contribution is -2.25. The van der Waals surface area contributed by atoms with E-state index in [2.05, 4.69) is 24.2 Å². The van der Waals surface area contributed by atoms with Crippen LogP contribution in [0.15, 0.2) is 71.5 Å². The first-order valence-corrected chi connectivity index (χ1v) is 18.5. The molecule has 1 unspecified atom stereocenters. The number of H-pyrrole nitrogens is 1. The van der Waals surface area contributed by atoms with Crippen molar-refractivity contribution >= 4 is 57.9 Å². The average Bonchev–Trinajstić information content (AvgIpc) is 3.58. The van der Waals surface area contributed by atoms with E-state index in [0.717, 1.165) is 24.8 Å². The van der Waals surface area contributed by atoms with Gasteiger partial charge in [-0.05, 0) is 55.9 Å². The monoisotopic (exact) mass is 734 g/mol. The number of aromatic hydroxyl groups is 2. The topological polar surface area (TPSA) is 86.4 Å². The summed E-state index contributed by atoms with van der Waals surface area (Å²) in [6.45, 7) is 2.26. The number of benzene rings is 2. The standard InChI is InChI=1S/C37H46Cl4N4O3/c1-2-3-4-5-6-7-8-9-10-11-12-13-14-15-19-28(38)23-27-18-16-17-20-32(27)44(45-34(46)21-22-35(45)47)33-26-36(48)43(42-33)37-30(40)24-29(39)25-31(37)41/h13-14,16-18,20-22,24-26,28,42,46-47H,2-12,15,19,23H2,1H3. The maximum atomic E-state index is 13.3. The van der Waals surface area contributed by atoms with E-state index in [1.807, 2.05) is 24.3 Å². The number of nitrogens with one attached hydrogen (secondary N) is 1. The molecule has 4 aromatic rings. The molecule has 0 aliphatic heterocycles. The Morgan fingerprint density at radius 3 is 2.04 bits per heavy atom. The fourth-order valence-electron chi connectivity index (χ4n) is 5.86. The highest BCUT2D eigenvalue weighted by atomic mass is 35.5. The third-order valence-corrected chi connectivity index (χ3v) is 9.52. The van der Waals surface area contributed by atoms with Crippen LogP contribution in [-0.2, 0) is 6.42 Å². The second kappa shape index (κ2) is 19.3. The van der Waals surface area contributed by atoms with Crippen LogP contribution in [0.4, 0.5) is 11.5 Å². The molecule has 7 nitrogen and oxygen atoms in total. The van der Waals surface area contributed by atoms with Gasteiger partial charge in [0.15, 0.2) is 5.82 Å². The van der Waals surface area contributed by atoms with E-state index in [1.165, 1.54) is 109 Å². The Hall–Kier alpha value is -2.97. The summed E-state index contributed by atoms with van der Waals surface area (Å²) in [6.07, 6.45) is 21.1. The number of allylic oxidation sites excluding steroid dienone is 2. The molecule has 4 rings (SSSR count). The second-order valence-electron chi connectivity index (χ2n) is 12.2. The molecule has 0 saturated heterocycles. The van der Waals surface area contributed by atoms with E-state index >= 15 is 0 Å². The zero-order chi connectivity index (χ0) is 34.5. The lowest BCUT2D eigenvalue weighted by atomic mass is 10.0. The summed E-state index contributed by atoms with van der Waals surface area (Å²) in [5.74, 6) is -0.251. The SMILES string of the molecule is CCCCCCCCCCCCC=CCCC(Cl)Cc1ccccc1N(c1cc(=O)n(-c2c(Cl)cc(Cl)cc2Cl)[nH]1)n1c(O)ccc1O. The van der Waals surface area contributed by atoms with Crippen molar-refractivity contribution in [2.75, 3.05) is 5.01 Å². The number of halogens is 4. The number of rotatable bonds is 20. The van der Waals surface area contributed by atoms with Gasteiger partial charge in [0.25, 0.3) is 5.56 Å². The highest BCUT2D eigenvalue weighted by Gasteiger charge is 2.25. The van der Waals surface area contributed by atoms with Crippen molar-refractivity contribution in [1.29, 1.82) is 0 Å². The second-order valence-corrected chi connectivity index (χ2v) is 14.0. The van der Waals surface area contributed by atoms with Crippen molar-refractivity contribution in [3.63, 3.8) is 0 Å². The van der Waals surface area contributed by atoms with Crippen LogP contribution < -0.4 is 10.6 Å². The molecule has 260 valence electrons. The minimum atomic E-state index is -0.468. The summed E-state index contributed by atoms with van der Waals surface area (Å²) in [5, 5.41) is 26.6. The van der Waals surface area contributed by atoms with Gasteiger partial charge in [-0.3, -0.25) is 9.89 Å². The molecule has 48 heavy (non-hydrogen) atoms. The van der Waals surface area contributed by atoms with Crippen LogP contribution in [0.1, 0.15) is 96.0 Å². The summed E-state index contributed by atoms with van der Waals surface area (Å²) in [7, 11) is 0. The van der Waals surface area contributed by atoms with Crippen LogP contribution in [0, 0.1) is 0 Å². The Labute approximate surface area is 303 Å². The Morgan fingerprint density at radius 1 is 0.812 bits per heavy atom. The number of anilines is 2. The zero-order valence-corrected chi connectivity index (χ0v) is 30.5. The van der Waals surface area contributed by atoms with Gasteiger partial charge in [-0.15, -0.1) is 11.6 Å². The van der Waals surface area contributed by atoms with Crippen LogP contribution >= 0.6 is 46.4 Å². The van der Waals surface area contributed by atoms with Gasteiger partial charge >= 0.3 is 0 Å². The molecular formula is C37H46Cl4N4O3. The van der Waals surface area contributed by atoms with E-state index in [9.17, 15) is 15.0 Å². The third kappa shape index (κ3) is 10.5. The molecule has 2 heterocycles. The van der Waals surface area contributed by atoms with Gasteiger partial charge < -0.3 is 10.2 Å². The number of alkyl halides is 1. The third-order valence-electron chi connectivity index (χ3n) is 8.35. The molecular weight excluding hydrogens is 690 g/mol. The van der Waals surface area contributed by atoms with Crippen molar-refractivity contribution in [2.24, 2.45) is 0 Å². The summed E-state index contributed by atoms with van der Waals surface area (Å²) < 4.78 is 2.38. The summed E-state index contributed by atoms with van der Waals surface area (Å²) in [4.78, 5) is 13.3. The minimum absolute atomic E-state index is 0.169. The van der Waals surface area contributed by atoms with Gasteiger partial charge in [-0.2, -0.15) is 4.68 Å². The van der Waals surface area contributed by atoms with E-state index in [1.54, 1.807) is 0 Å². The predicted octanol–water partition coefficient (Wildman–Crippen LogP) is 11.7. The van der Waals surface area contributed by atoms with Gasteiger partial charge in [0.2, 0.25) is 11.8 Å². The van der Waals surface area contributed by atoms with Crippen LogP contribution in [-0.4, -0.2) is 30.0 Å². The Bertz CT molecular complexity index is 1640. The molecule has 0 fully saturated rings. The number of para-hydroxylation sites is 1. The maximum Gasteiger partial charge on any atom is 0.273 e. The number of hydrogen-bond donors (Lipinski definition) is 3. The Morgan fingerprint density at radius 2 is 1.40 bits per heavy atom. The highest BCUT2D eigenvalue weighted by molar-refractivity contribution is 6.40. The smallest absolute Gasteiger partial charge is 0.273 e. The van der Waals surface area contributed by atoms with Crippen molar-refractivity contribution in [3.05, 3.63) is 97.7 Å². The highest BCUT2D eigenvalue weighted by Crippen LogP contribution is 2.37. The van der Waals surface area contributed by atoms with Gasteiger partial charge in [0.1, 0.15) is 5.69 Å². The van der Waals surface area contributed by atoms with Crippen LogP contribution in [0.3, 0.4) is 0 Å². The largest absolute Gasteiger partial charge is 0.493 e. The first kappa shape index (κ1) is 37.8. The molecule has 0 aliphatic carbocycles. The van der Waals surface area contributed by atoms with Crippen LogP contribution in [0.25, 0.3) is 5.69 Å². The van der Waals surface area contributed by atoms with Gasteiger partial charge in [0, 0.05) is 28.6 Å². The van der Waals surface area contributed by atoms with Crippen molar-refractivity contribution < 1.29 is 10.2 Å². The van der Waals surface area contributed by atoms with Gasteiger partial charge in [0.05, 0.1) is 15.7 Å². The molecule has 0 saturated carbocycles. The number of nitrogens with zero attached hydrogens (tertiary/aromatic N) is 3. The van der Waals surface area contributed by atoms with E-state index < -0.39 is 5.56 Å². The normalized spacial score (nSPS) is 12.3. The predicted molar refractivity (Wildman–Crippen MR) is 201 cm³/mol. The molecule has 0 spiro atoms. The molecule has 0 aliphatic rings. The fraction of sp³-hybridized carbons (Fsp3) is 0.432. The zero-order valence-electron chi connectivity index (χ0n) is 27.5. The molecule has 2 aromatic carbocycles. The fourth-order valence-corrected chi connectivity index (χ4v) is 7.14. The lowest BCUT2D eigenvalue weighted by Gasteiger charge is -2.28. The Kier molecular flexibility index (Phi) is 15.2. The quantitative estimate of drug-likeness (QED) is 0.0479. The van der Waals surface area contributed by atoms with Crippen molar-refractivity contribution in [1.82, 2.24) is 14.5 Å². The number of unbranched alkanes of at least 4 members (excludes halogenated alkanes) is 10. The van der Waals surface area contributed by atoms with Crippen molar-refractivity contribution in [3.8, 4) is 17.4 Å². The molecule has 1 atom stereocenters. The van der Waals surface area contributed by atoms with E-state index in [-0.39, 0.29) is 38.7 Å². The van der Waals surface area contributed by atoms with E-state index in [0.29, 0.717) is 17.1 Å². The average molecular weight is 737 g/mol. The first-order valence-electron chi connectivity index (χ1n) is 16.9. The summed E-state index contributed by atoms with van der Waals surface area (Å²) in [6, 6.07) is 14.5. The molecule has 0 radical (unpaired) electrons. The van der Waals surface area contributed by atoms with E-state index in [4.69, 9.17) is 46.4 Å². The van der Waals surface area contributed by atoms with Gasteiger partial charge in [-0.1, -0.05) is 130 Å². The van der Waals surface area contributed by atoms with Crippen LogP contribution in [0.2, 0.25) is 15.1 Å². The Balaban J connectivity index is 1.41. The van der Waals surface area contributed by atoms with Crippen molar-refractivity contribution in [2.45, 2.75) is 102 Å². The molecule has 11 heteroatoms. The molecule has 0 bridgehead atoms. The maximum absolute atomic E-state index is 13.3.